The van der Waals surface area contributed by atoms with Crippen LogP contribution in [0.1, 0.15) is 21.5 Å². The van der Waals surface area contributed by atoms with Gasteiger partial charge in [-0.3, -0.25) is 9.69 Å². The lowest BCUT2D eigenvalue weighted by atomic mass is 9.93. The molecule has 2 saturated heterocycles. The molecule has 42 heavy (non-hydrogen) atoms. The lowest BCUT2D eigenvalue weighted by Gasteiger charge is -2.35. The third kappa shape index (κ3) is 5.72. The van der Waals surface area contributed by atoms with E-state index in [2.05, 4.69) is 51.0 Å². The van der Waals surface area contributed by atoms with E-state index in [0.29, 0.717) is 12.2 Å². The second-order valence-electron chi connectivity index (χ2n) is 11.4. The first-order valence-electron chi connectivity index (χ1n) is 14.8. The molecule has 2 aromatic carbocycles. The molecule has 2 aliphatic rings. The number of morpholine rings is 1. The molecule has 220 valence electrons. The van der Waals surface area contributed by atoms with E-state index in [1.54, 1.807) is 0 Å². The molecule has 4 heterocycles. The van der Waals surface area contributed by atoms with E-state index in [4.69, 9.17) is 20.2 Å². The summed E-state index contributed by atoms with van der Waals surface area (Å²) in [5.41, 5.74) is 14.2. The van der Waals surface area contributed by atoms with Gasteiger partial charge in [0.15, 0.2) is 0 Å². The topological polar surface area (TPSA) is 100.0 Å². The van der Waals surface area contributed by atoms with Gasteiger partial charge in [-0.25, -0.2) is 4.98 Å². The Morgan fingerprint density at radius 1 is 0.976 bits per heavy atom. The number of carbonyl (C=O) groups excluding carboxylic acids is 1. The Bertz CT molecular complexity index is 1580. The van der Waals surface area contributed by atoms with Crippen LogP contribution >= 0.6 is 0 Å². The number of nitrogens with two attached hydrogens (primary N) is 1. The Balaban J connectivity index is 1.33. The van der Waals surface area contributed by atoms with Gasteiger partial charge >= 0.3 is 0 Å². The minimum absolute atomic E-state index is 0.409. The fourth-order valence-corrected chi connectivity index (χ4v) is 5.99. The second-order valence-corrected chi connectivity index (χ2v) is 11.4. The van der Waals surface area contributed by atoms with E-state index >= 15 is 0 Å². The first kappa shape index (κ1) is 28.2. The molecular weight excluding hydrogens is 528 g/mol. The molecule has 2 aromatic heterocycles. The van der Waals surface area contributed by atoms with Gasteiger partial charge in [0.25, 0.3) is 0 Å². The number of piperazine rings is 1. The average Bonchev–Trinajstić information content (AvgIpc) is 3.42. The van der Waals surface area contributed by atoms with Crippen molar-refractivity contribution < 1.29 is 14.3 Å². The molecule has 9 heteroatoms. The summed E-state index contributed by atoms with van der Waals surface area (Å²) in [6, 6.07) is 12.5. The van der Waals surface area contributed by atoms with Crippen molar-refractivity contribution in [1.29, 1.82) is 0 Å². The van der Waals surface area contributed by atoms with E-state index in [-0.39, 0.29) is 0 Å². The molecule has 0 spiro atoms. The third-order valence-corrected chi connectivity index (χ3v) is 8.78. The number of aromatic amines is 1. The summed E-state index contributed by atoms with van der Waals surface area (Å²) in [5, 5.41) is 1.03. The highest BCUT2D eigenvalue weighted by Gasteiger charge is 2.20. The maximum atomic E-state index is 11.9. The van der Waals surface area contributed by atoms with Crippen molar-refractivity contribution >= 4 is 22.6 Å². The van der Waals surface area contributed by atoms with Crippen LogP contribution in [0.25, 0.3) is 33.3 Å². The molecule has 0 bridgehead atoms. The molecule has 0 atom stereocenters. The molecule has 9 nitrogen and oxygen atoms in total. The van der Waals surface area contributed by atoms with E-state index in [1.807, 2.05) is 38.4 Å². The Kier molecular flexibility index (Phi) is 8.15. The number of pyridine rings is 1. The van der Waals surface area contributed by atoms with E-state index < -0.39 is 5.91 Å². The Hall–Kier alpha value is -3.92. The van der Waals surface area contributed by atoms with E-state index in [9.17, 15) is 4.79 Å². The second kappa shape index (κ2) is 12.1. The van der Waals surface area contributed by atoms with Crippen LogP contribution in [0, 0.1) is 13.8 Å². The molecule has 0 radical (unpaired) electrons. The highest BCUT2D eigenvalue weighted by Crippen LogP contribution is 2.37. The number of fused-ring (bicyclic) bond motifs is 1. The largest absolute Gasteiger partial charge is 0.490 e. The Labute approximate surface area is 247 Å². The van der Waals surface area contributed by atoms with E-state index in [0.717, 1.165) is 115 Å². The molecule has 0 saturated carbocycles. The van der Waals surface area contributed by atoms with E-state index in [1.165, 1.54) is 0 Å². The minimum Gasteiger partial charge on any atom is -0.490 e. The van der Waals surface area contributed by atoms with Gasteiger partial charge in [-0.05, 0) is 67.4 Å². The number of benzene rings is 2. The van der Waals surface area contributed by atoms with Gasteiger partial charge in [-0.15, -0.1) is 0 Å². The van der Waals surface area contributed by atoms with Gasteiger partial charge in [-0.2, -0.15) is 0 Å². The fourth-order valence-electron chi connectivity index (χ4n) is 5.99. The number of aromatic nitrogens is 2. The lowest BCUT2D eigenvalue weighted by molar-refractivity contribution is 0.0323. The van der Waals surface area contributed by atoms with Gasteiger partial charge in [-0.1, -0.05) is 12.1 Å². The van der Waals surface area contributed by atoms with Gasteiger partial charge in [0.05, 0.1) is 18.9 Å². The summed E-state index contributed by atoms with van der Waals surface area (Å²) in [5.74, 6) is 0.501. The lowest BCUT2D eigenvalue weighted by Crippen LogP contribution is -2.44. The maximum absolute atomic E-state index is 11.9. The van der Waals surface area contributed by atoms with Crippen LogP contribution in [-0.4, -0.2) is 98.4 Å². The van der Waals surface area contributed by atoms with Crippen LogP contribution in [0.5, 0.6) is 5.75 Å². The quantitative estimate of drug-likeness (QED) is 0.331. The maximum Gasteiger partial charge on any atom is 0.248 e. The highest BCUT2D eigenvalue weighted by atomic mass is 16.5. The van der Waals surface area contributed by atoms with Gasteiger partial charge < -0.3 is 30.0 Å². The monoisotopic (exact) mass is 568 g/mol. The number of amides is 1. The van der Waals surface area contributed by atoms with Gasteiger partial charge in [0, 0.05) is 80.3 Å². The predicted molar refractivity (Wildman–Crippen MR) is 167 cm³/mol. The molecule has 0 unspecified atom stereocenters. The van der Waals surface area contributed by atoms with Crippen molar-refractivity contribution in [2.45, 2.75) is 13.8 Å². The summed E-state index contributed by atoms with van der Waals surface area (Å²) in [7, 11) is 2.17. The van der Waals surface area contributed by atoms with Gasteiger partial charge in [0.1, 0.15) is 18.0 Å². The summed E-state index contributed by atoms with van der Waals surface area (Å²) in [4.78, 5) is 27.2. The number of hydrogen-bond acceptors (Lipinski definition) is 7. The number of nitrogens with zero attached hydrogens (tertiary/aromatic N) is 4. The van der Waals surface area contributed by atoms with Crippen molar-refractivity contribution in [2.24, 2.45) is 5.73 Å². The molecule has 3 N–H and O–H groups in total. The first-order chi connectivity index (χ1) is 20.4. The van der Waals surface area contributed by atoms with Gasteiger partial charge in [0.2, 0.25) is 5.91 Å². The van der Waals surface area contributed by atoms with Crippen molar-refractivity contribution in [2.75, 3.05) is 77.6 Å². The third-order valence-electron chi connectivity index (χ3n) is 8.78. The van der Waals surface area contributed by atoms with Crippen molar-refractivity contribution in [3.8, 4) is 28.0 Å². The number of hydrogen-bond donors (Lipinski definition) is 2. The smallest absolute Gasteiger partial charge is 0.248 e. The Morgan fingerprint density at radius 2 is 1.76 bits per heavy atom. The summed E-state index contributed by atoms with van der Waals surface area (Å²) < 4.78 is 12.0. The molecule has 2 aliphatic heterocycles. The van der Waals surface area contributed by atoms with Crippen molar-refractivity contribution in [1.82, 2.24) is 19.8 Å². The number of nitrogens with one attached hydrogen (secondary N) is 1. The molecular formula is C33H40N6O3. The summed E-state index contributed by atoms with van der Waals surface area (Å²) >= 11 is 0. The van der Waals surface area contributed by atoms with Crippen LogP contribution in [-0.2, 0) is 4.74 Å². The van der Waals surface area contributed by atoms with Crippen LogP contribution in [0.3, 0.4) is 0 Å². The average molecular weight is 569 g/mol. The van der Waals surface area contributed by atoms with Crippen LogP contribution < -0.4 is 15.4 Å². The number of likely N-dealkylation sites (N-methyl/N-ethyl adjacent to an activating group) is 1. The number of ether oxygens (including phenoxy) is 2. The SMILES string of the molecule is Cc1c(C(N)=O)ccc(-c2c[nH]c3ncc(-c4ccc(N5CCN(C)CC5)c(OCCN5CCOCC5)c4)cc23)c1C. The summed E-state index contributed by atoms with van der Waals surface area (Å²) in [6.07, 6.45) is 3.91. The van der Waals surface area contributed by atoms with Crippen LogP contribution in [0.4, 0.5) is 5.69 Å². The number of anilines is 1. The minimum atomic E-state index is -0.409. The first-order valence-corrected chi connectivity index (χ1v) is 14.8. The molecule has 4 aromatic rings. The normalized spacial score (nSPS) is 16.7. The summed E-state index contributed by atoms with van der Waals surface area (Å²) in [6.45, 7) is 13.0. The molecule has 0 aliphatic carbocycles. The number of carbonyl (C=O) groups is 1. The highest BCUT2D eigenvalue weighted by molar-refractivity contribution is 5.99. The zero-order chi connectivity index (χ0) is 29.2. The van der Waals surface area contributed by atoms with Crippen LogP contribution in [0.2, 0.25) is 0 Å². The van der Waals surface area contributed by atoms with Crippen LogP contribution in [0.15, 0.2) is 48.8 Å². The Morgan fingerprint density at radius 3 is 2.52 bits per heavy atom. The molecule has 6 rings (SSSR count). The number of primary amides is 1. The van der Waals surface area contributed by atoms with Crippen molar-refractivity contribution in [3.63, 3.8) is 0 Å². The zero-order valence-electron chi connectivity index (χ0n) is 24.8. The number of H-pyrrole nitrogens is 1. The zero-order valence-corrected chi connectivity index (χ0v) is 24.8. The predicted octanol–water partition coefficient (Wildman–Crippen LogP) is 4.08. The fraction of sp³-hybridized carbons (Fsp3) is 0.394. The molecule has 1 amide bonds. The molecule has 2 fully saturated rings. The van der Waals surface area contributed by atoms with Crippen molar-refractivity contribution in [3.05, 3.63) is 65.5 Å². The number of rotatable bonds is 8. The standard InChI is InChI=1S/C33H40N6O3/c1-22-23(2)27(32(34)40)6-5-26(22)29-21-36-33-28(29)18-25(20-35-33)24-4-7-30(39-10-8-37(3)9-11-39)31(19-24)42-17-14-38-12-15-41-16-13-38/h4-7,18-21H,8-17H2,1-3H3,(H2,34,40)(H,35,36).